The van der Waals surface area contributed by atoms with Crippen molar-refractivity contribution in [3.8, 4) is 0 Å². The summed E-state index contributed by atoms with van der Waals surface area (Å²) in [6.07, 6.45) is 6.32. The van der Waals surface area contributed by atoms with E-state index in [0.717, 1.165) is 19.3 Å². The minimum Gasteiger partial charge on any atom is -0.396 e. The molecule has 0 fully saturated rings. The molecule has 0 aliphatic rings. The molecule has 0 bridgehead atoms. The zero-order chi connectivity index (χ0) is 13.3. The van der Waals surface area contributed by atoms with Crippen LogP contribution >= 0.6 is 0 Å². The highest BCUT2D eigenvalue weighted by atomic mass is 16.3. The van der Waals surface area contributed by atoms with Crippen LogP contribution in [0, 0.1) is 17.8 Å². The molecule has 102 valence electrons. The maximum Gasteiger partial charge on any atom is 0.135 e. The second-order valence-corrected chi connectivity index (χ2v) is 5.81. The topological polar surface area (TPSA) is 37.3 Å². The van der Waals surface area contributed by atoms with Gasteiger partial charge in [-0.05, 0) is 24.7 Å². The van der Waals surface area contributed by atoms with Crippen molar-refractivity contribution in [2.24, 2.45) is 17.8 Å². The van der Waals surface area contributed by atoms with Crippen LogP contribution in [0.2, 0.25) is 0 Å². The summed E-state index contributed by atoms with van der Waals surface area (Å²) in [4.78, 5) is 11.5. The van der Waals surface area contributed by atoms with Crippen LogP contribution in [-0.4, -0.2) is 17.5 Å². The number of aliphatic hydroxyl groups excluding tert-OH is 1. The van der Waals surface area contributed by atoms with E-state index in [-0.39, 0.29) is 5.92 Å². The molecule has 0 rings (SSSR count). The maximum atomic E-state index is 11.5. The minimum atomic E-state index is 0.187. The predicted molar refractivity (Wildman–Crippen MR) is 73.0 cm³/mol. The zero-order valence-electron chi connectivity index (χ0n) is 12.0. The normalized spacial score (nSPS) is 14.9. The molecule has 2 nitrogen and oxygen atoms in total. The van der Waals surface area contributed by atoms with Gasteiger partial charge in [-0.1, -0.05) is 47.0 Å². The Kier molecular flexibility index (Phi) is 9.43. The molecule has 0 aromatic heterocycles. The second kappa shape index (κ2) is 9.64. The molecule has 0 aliphatic carbocycles. The molecule has 0 radical (unpaired) electrons. The summed E-state index contributed by atoms with van der Waals surface area (Å²) >= 11 is 0. The average molecular weight is 242 g/mol. The monoisotopic (exact) mass is 242 g/mol. The summed E-state index contributed by atoms with van der Waals surface area (Å²) in [5.41, 5.74) is 0. The minimum absolute atomic E-state index is 0.187. The highest BCUT2D eigenvalue weighted by Gasteiger charge is 2.10. The van der Waals surface area contributed by atoms with Gasteiger partial charge in [-0.15, -0.1) is 0 Å². The third kappa shape index (κ3) is 9.34. The summed E-state index contributed by atoms with van der Waals surface area (Å²) in [6, 6.07) is 0. The van der Waals surface area contributed by atoms with E-state index < -0.39 is 0 Å². The van der Waals surface area contributed by atoms with Crippen LogP contribution in [0.25, 0.3) is 0 Å². The number of aliphatic hydroxyl groups is 1. The van der Waals surface area contributed by atoms with Crippen molar-refractivity contribution >= 4 is 5.78 Å². The molecule has 1 unspecified atom stereocenters. The average Bonchev–Trinajstić information content (AvgIpc) is 2.26. The first kappa shape index (κ1) is 16.6. The van der Waals surface area contributed by atoms with E-state index in [1.807, 2.05) is 13.8 Å². The fourth-order valence-corrected chi connectivity index (χ4v) is 2.00. The van der Waals surface area contributed by atoms with Crippen LogP contribution < -0.4 is 0 Å². The smallest absolute Gasteiger partial charge is 0.135 e. The lowest BCUT2D eigenvalue weighted by Crippen LogP contribution is -2.09. The van der Waals surface area contributed by atoms with E-state index in [0.29, 0.717) is 24.2 Å². The zero-order valence-corrected chi connectivity index (χ0v) is 12.0. The summed E-state index contributed by atoms with van der Waals surface area (Å²) < 4.78 is 0. The molecule has 0 saturated heterocycles. The number of Topliss-reactive ketones (excluding diaryl/α,β-unsaturated/α-hetero) is 1. The van der Waals surface area contributed by atoms with E-state index in [2.05, 4.69) is 13.8 Å². The molecule has 0 aliphatic heterocycles. The first-order valence-corrected chi connectivity index (χ1v) is 7.10. The third-order valence-electron chi connectivity index (χ3n) is 3.54. The Morgan fingerprint density at radius 1 is 0.941 bits per heavy atom. The molecule has 0 amide bonds. The standard InChI is InChI=1S/C15H30O2/c1-12(2)15(17)9-8-13(3)6-5-7-14(4)10-11-16/h12-14,16H,5-11H2,1-4H3/t13?,14-/m1/s1. The maximum absolute atomic E-state index is 11.5. The molecule has 2 heteroatoms. The molecule has 1 N–H and O–H groups in total. The van der Waals surface area contributed by atoms with Crippen molar-refractivity contribution in [1.29, 1.82) is 0 Å². The lowest BCUT2D eigenvalue weighted by atomic mass is 9.92. The summed E-state index contributed by atoms with van der Waals surface area (Å²) in [6.45, 7) is 8.69. The lowest BCUT2D eigenvalue weighted by Gasteiger charge is -2.14. The van der Waals surface area contributed by atoms with Crippen LogP contribution in [0.15, 0.2) is 0 Å². The van der Waals surface area contributed by atoms with E-state index in [1.54, 1.807) is 0 Å². The van der Waals surface area contributed by atoms with Crippen molar-refractivity contribution in [1.82, 2.24) is 0 Å². The molecular weight excluding hydrogens is 212 g/mol. The Hall–Kier alpha value is -0.370. The van der Waals surface area contributed by atoms with E-state index >= 15 is 0 Å². The number of carbonyl (C=O) groups excluding carboxylic acids is 1. The third-order valence-corrected chi connectivity index (χ3v) is 3.54. The number of hydrogen-bond donors (Lipinski definition) is 1. The Labute approximate surface area is 107 Å². The molecule has 0 aromatic carbocycles. The largest absolute Gasteiger partial charge is 0.396 e. The highest BCUT2D eigenvalue weighted by Crippen LogP contribution is 2.19. The SMILES string of the molecule is CC(CCC[C@@H](C)CCO)CCC(=O)C(C)C. The Balaban J connectivity index is 3.53. The van der Waals surface area contributed by atoms with Crippen LogP contribution in [0.5, 0.6) is 0 Å². The van der Waals surface area contributed by atoms with Crippen molar-refractivity contribution in [3.63, 3.8) is 0 Å². The van der Waals surface area contributed by atoms with Gasteiger partial charge in [0.2, 0.25) is 0 Å². The lowest BCUT2D eigenvalue weighted by molar-refractivity contribution is -0.122. The highest BCUT2D eigenvalue weighted by molar-refractivity contribution is 5.80. The number of rotatable bonds is 10. The van der Waals surface area contributed by atoms with Crippen molar-refractivity contribution in [2.75, 3.05) is 6.61 Å². The van der Waals surface area contributed by atoms with Crippen LogP contribution in [-0.2, 0) is 4.79 Å². The molecule has 0 spiro atoms. The van der Waals surface area contributed by atoms with Gasteiger partial charge in [0.1, 0.15) is 5.78 Å². The van der Waals surface area contributed by atoms with E-state index in [1.165, 1.54) is 19.3 Å². The van der Waals surface area contributed by atoms with Gasteiger partial charge in [0.25, 0.3) is 0 Å². The van der Waals surface area contributed by atoms with Gasteiger partial charge in [0, 0.05) is 18.9 Å². The Bertz CT molecular complexity index is 199. The van der Waals surface area contributed by atoms with Crippen LogP contribution in [0.3, 0.4) is 0 Å². The second-order valence-electron chi connectivity index (χ2n) is 5.81. The van der Waals surface area contributed by atoms with Crippen molar-refractivity contribution < 1.29 is 9.90 Å². The van der Waals surface area contributed by atoms with Crippen molar-refractivity contribution in [2.45, 2.75) is 66.2 Å². The molecule has 0 saturated carbocycles. The molecular formula is C15H30O2. The van der Waals surface area contributed by atoms with Crippen LogP contribution in [0.4, 0.5) is 0 Å². The van der Waals surface area contributed by atoms with Gasteiger partial charge in [0.15, 0.2) is 0 Å². The molecule has 0 aromatic rings. The number of ketones is 1. The fraction of sp³-hybridized carbons (Fsp3) is 0.933. The van der Waals surface area contributed by atoms with E-state index in [9.17, 15) is 4.79 Å². The molecule has 0 heterocycles. The van der Waals surface area contributed by atoms with Gasteiger partial charge < -0.3 is 5.11 Å². The molecule has 2 atom stereocenters. The van der Waals surface area contributed by atoms with Gasteiger partial charge in [-0.3, -0.25) is 4.79 Å². The van der Waals surface area contributed by atoms with Gasteiger partial charge in [-0.2, -0.15) is 0 Å². The summed E-state index contributed by atoms with van der Waals surface area (Å²) in [7, 11) is 0. The van der Waals surface area contributed by atoms with E-state index in [4.69, 9.17) is 5.11 Å². The fourth-order valence-electron chi connectivity index (χ4n) is 2.00. The first-order chi connectivity index (χ1) is 7.97. The first-order valence-electron chi connectivity index (χ1n) is 7.10. The van der Waals surface area contributed by atoms with Gasteiger partial charge in [0.05, 0.1) is 0 Å². The van der Waals surface area contributed by atoms with Crippen LogP contribution in [0.1, 0.15) is 66.2 Å². The van der Waals surface area contributed by atoms with Gasteiger partial charge >= 0.3 is 0 Å². The Morgan fingerprint density at radius 2 is 1.47 bits per heavy atom. The predicted octanol–water partition coefficient (Wildman–Crippen LogP) is 3.82. The summed E-state index contributed by atoms with van der Waals surface area (Å²) in [5, 5.41) is 8.80. The summed E-state index contributed by atoms with van der Waals surface area (Å²) in [5.74, 6) is 1.86. The quantitative estimate of drug-likeness (QED) is 0.632. The number of carbonyl (C=O) groups is 1. The Morgan fingerprint density at radius 3 is 1.94 bits per heavy atom. The van der Waals surface area contributed by atoms with Crippen molar-refractivity contribution in [3.05, 3.63) is 0 Å². The van der Waals surface area contributed by atoms with Gasteiger partial charge in [-0.25, -0.2) is 0 Å². The number of hydrogen-bond acceptors (Lipinski definition) is 2. The molecule has 17 heavy (non-hydrogen) atoms.